The molecule has 2 atom stereocenters. The van der Waals surface area contributed by atoms with Crippen LogP contribution in [0, 0.1) is 20.4 Å². The summed E-state index contributed by atoms with van der Waals surface area (Å²) in [5.41, 5.74) is 6.79. The van der Waals surface area contributed by atoms with Crippen molar-refractivity contribution in [3.8, 4) is 11.1 Å². The van der Waals surface area contributed by atoms with Gasteiger partial charge in [-0.3, -0.25) is 0 Å². The summed E-state index contributed by atoms with van der Waals surface area (Å²) in [5, 5.41) is 11.1. The number of fused-ring (bicyclic) bond motifs is 1. The predicted molar refractivity (Wildman–Crippen MR) is 102 cm³/mol. The van der Waals surface area contributed by atoms with Gasteiger partial charge in [0, 0.05) is 23.3 Å². The van der Waals surface area contributed by atoms with E-state index >= 15 is 0 Å². The Kier molecular flexibility index (Phi) is 3.86. The van der Waals surface area contributed by atoms with Crippen LogP contribution in [0.3, 0.4) is 0 Å². The van der Waals surface area contributed by atoms with Gasteiger partial charge in [-0.15, -0.1) is 0 Å². The maximum atomic E-state index is 9.97. The zero-order chi connectivity index (χ0) is 17.6. The third-order valence-electron chi connectivity index (χ3n) is 5.61. The fraction of sp³-hybridized carbons (Fsp3) is 0.318. The zero-order valence-electron chi connectivity index (χ0n) is 14.7. The van der Waals surface area contributed by atoms with Crippen LogP contribution in [-0.4, -0.2) is 15.8 Å². The van der Waals surface area contributed by atoms with E-state index in [9.17, 15) is 5.11 Å². The van der Waals surface area contributed by atoms with Gasteiger partial charge in [-0.25, -0.2) is 4.85 Å². The average Bonchev–Trinajstić information content (AvgIpc) is 3.20. The Morgan fingerprint density at radius 2 is 1.96 bits per heavy atom. The largest absolute Gasteiger partial charge is 0.393 e. The summed E-state index contributed by atoms with van der Waals surface area (Å²) in [5.74, 6) is 0. The molecule has 0 saturated heterocycles. The summed E-state index contributed by atoms with van der Waals surface area (Å²) in [4.78, 5) is 3.62. The first-order valence-corrected chi connectivity index (χ1v) is 8.85. The molecule has 0 bridgehead atoms. The molecule has 3 heteroatoms. The lowest BCUT2D eigenvalue weighted by atomic mass is 9.97. The van der Waals surface area contributed by atoms with Crippen LogP contribution >= 0.6 is 0 Å². The first-order chi connectivity index (χ1) is 12.1. The van der Waals surface area contributed by atoms with Crippen molar-refractivity contribution in [3.63, 3.8) is 0 Å². The Morgan fingerprint density at radius 1 is 1.12 bits per heavy atom. The van der Waals surface area contributed by atoms with Gasteiger partial charge in [0.15, 0.2) is 5.69 Å². The fourth-order valence-electron chi connectivity index (χ4n) is 4.06. The molecule has 1 N–H and O–H groups in total. The number of aliphatic hydroxyl groups is 1. The molecule has 1 aromatic heterocycles. The van der Waals surface area contributed by atoms with Crippen molar-refractivity contribution in [2.24, 2.45) is 0 Å². The van der Waals surface area contributed by atoms with Crippen molar-refractivity contribution in [1.29, 1.82) is 0 Å². The minimum absolute atomic E-state index is 0.200. The Balaban J connectivity index is 1.97. The quantitative estimate of drug-likeness (QED) is 0.612. The molecular formula is C22H22N2O. The molecule has 0 radical (unpaired) electrons. The molecule has 2 aromatic carbocycles. The zero-order valence-corrected chi connectivity index (χ0v) is 14.7. The van der Waals surface area contributed by atoms with E-state index in [1.807, 2.05) is 12.1 Å². The molecule has 0 spiro atoms. The maximum absolute atomic E-state index is 9.97. The Morgan fingerprint density at radius 3 is 2.68 bits per heavy atom. The number of hydrogen-bond donors (Lipinski definition) is 1. The molecule has 1 aliphatic carbocycles. The topological polar surface area (TPSA) is 29.5 Å². The van der Waals surface area contributed by atoms with Gasteiger partial charge in [-0.1, -0.05) is 24.3 Å². The first-order valence-electron chi connectivity index (χ1n) is 8.85. The van der Waals surface area contributed by atoms with Crippen LogP contribution in [0.5, 0.6) is 0 Å². The molecule has 3 nitrogen and oxygen atoms in total. The molecule has 2 unspecified atom stereocenters. The molecule has 1 heterocycles. The van der Waals surface area contributed by atoms with Crippen molar-refractivity contribution in [1.82, 2.24) is 4.57 Å². The van der Waals surface area contributed by atoms with Crippen LogP contribution in [-0.2, 0) is 0 Å². The third kappa shape index (κ3) is 2.63. The van der Waals surface area contributed by atoms with Crippen LogP contribution < -0.4 is 0 Å². The van der Waals surface area contributed by atoms with Gasteiger partial charge < -0.3 is 9.67 Å². The van der Waals surface area contributed by atoms with Crippen molar-refractivity contribution in [2.75, 3.05) is 0 Å². The molecule has 126 valence electrons. The van der Waals surface area contributed by atoms with E-state index in [1.165, 1.54) is 22.3 Å². The number of aromatic nitrogens is 1. The standard InChI is InChI=1S/C22H22N2O/c1-14-5-4-6-19(15(14)2)21-13-24(17-8-9-18(25)12-17)22-10-7-16(23-3)11-20(21)22/h4-7,10-11,13,17-18,25H,8-9,12H2,1-2H3. The minimum Gasteiger partial charge on any atom is -0.393 e. The molecule has 3 aromatic rings. The van der Waals surface area contributed by atoms with Gasteiger partial charge in [-0.05, 0) is 67.3 Å². The average molecular weight is 330 g/mol. The van der Waals surface area contributed by atoms with E-state index in [0.29, 0.717) is 11.7 Å². The number of nitrogens with zero attached hydrogens (tertiary/aromatic N) is 2. The highest BCUT2D eigenvalue weighted by atomic mass is 16.3. The number of benzene rings is 2. The Labute approximate surface area is 148 Å². The predicted octanol–water partition coefficient (Wildman–Crippen LogP) is 5.56. The fourth-order valence-corrected chi connectivity index (χ4v) is 4.06. The molecule has 1 aliphatic rings. The second-order valence-electron chi connectivity index (χ2n) is 7.13. The van der Waals surface area contributed by atoms with E-state index in [1.54, 1.807) is 0 Å². The summed E-state index contributed by atoms with van der Waals surface area (Å²) < 4.78 is 2.32. The second-order valence-corrected chi connectivity index (χ2v) is 7.13. The van der Waals surface area contributed by atoms with Crippen LogP contribution in [0.15, 0.2) is 42.6 Å². The number of aryl methyl sites for hydroxylation is 1. The van der Waals surface area contributed by atoms with Crippen molar-refractivity contribution in [3.05, 3.63) is 65.1 Å². The van der Waals surface area contributed by atoms with Crippen molar-refractivity contribution in [2.45, 2.75) is 45.3 Å². The summed E-state index contributed by atoms with van der Waals surface area (Å²) in [6.07, 6.45) is 4.70. The molecule has 0 aliphatic heterocycles. The van der Waals surface area contributed by atoms with E-state index in [4.69, 9.17) is 6.57 Å². The van der Waals surface area contributed by atoms with Crippen molar-refractivity contribution < 1.29 is 5.11 Å². The van der Waals surface area contributed by atoms with Crippen LogP contribution in [0.25, 0.3) is 26.9 Å². The summed E-state index contributed by atoms with van der Waals surface area (Å²) >= 11 is 0. The maximum Gasteiger partial charge on any atom is 0.188 e. The lowest BCUT2D eigenvalue weighted by molar-refractivity contribution is 0.178. The molecule has 25 heavy (non-hydrogen) atoms. The smallest absolute Gasteiger partial charge is 0.188 e. The number of hydrogen-bond acceptors (Lipinski definition) is 1. The SMILES string of the molecule is [C-]#[N+]c1ccc2c(c1)c(-c1cccc(C)c1C)cn2C1CCC(O)C1. The molecular weight excluding hydrogens is 308 g/mol. The highest BCUT2D eigenvalue weighted by Gasteiger charge is 2.26. The van der Waals surface area contributed by atoms with E-state index in [2.05, 4.69) is 53.7 Å². The summed E-state index contributed by atoms with van der Waals surface area (Å²) in [6, 6.07) is 12.7. The van der Waals surface area contributed by atoms with Gasteiger partial charge in [0.1, 0.15) is 0 Å². The Bertz CT molecular complexity index is 993. The van der Waals surface area contributed by atoms with Gasteiger partial charge in [0.2, 0.25) is 0 Å². The van der Waals surface area contributed by atoms with E-state index in [-0.39, 0.29) is 6.10 Å². The van der Waals surface area contributed by atoms with E-state index < -0.39 is 0 Å². The highest BCUT2D eigenvalue weighted by molar-refractivity contribution is 5.99. The monoisotopic (exact) mass is 330 g/mol. The van der Waals surface area contributed by atoms with Crippen molar-refractivity contribution >= 4 is 16.6 Å². The molecule has 4 rings (SSSR count). The van der Waals surface area contributed by atoms with Gasteiger partial charge in [0.25, 0.3) is 0 Å². The van der Waals surface area contributed by atoms with Crippen LogP contribution in [0.2, 0.25) is 0 Å². The molecule has 1 fully saturated rings. The third-order valence-corrected chi connectivity index (χ3v) is 5.61. The van der Waals surface area contributed by atoms with Crippen LogP contribution in [0.1, 0.15) is 36.4 Å². The number of aliphatic hydroxyl groups excluding tert-OH is 1. The van der Waals surface area contributed by atoms with Gasteiger partial charge in [-0.2, -0.15) is 0 Å². The number of rotatable bonds is 2. The lowest BCUT2D eigenvalue weighted by Gasteiger charge is -2.13. The minimum atomic E-state index is -0.200. The Hall–Kier alpha value is -2.57. The normalized spacial score (nSPS) is 20.1. The summed E-state index contributed by atoms with van der Waals surface area (Å²) in [6.45, 7) is 11.6. The summed E-state index contributed by atoms with van der Waals surface area (Å²) in [7, 11) is 0. The van der Waals surface area contributed by atoms with E-state index in [0.717, 1.165) is 30.2 Å². The van der Waals surface area contributed by atoms with Gasteiger partial charge >= 0.3 is 0 Å². The van der Waals surface area contributed by atoms with Gasteiger partial charge in [0.05, 0.1) is 12.7 Å². The lowest BCUT2D eigenvalue weighted by Crippen LogP contribution is -2.05. The second kappa shape index (κ2) is 6.06. The molecule has 0 amide bonds. The van der Waals surface area contributed by atoms with Crippen LogP contribution in [0.4, 0.5) is 5.69 Å². The highest BCUT2D eigenvalue weighted by Crippen LogP contribution is 2.40. The molecule has 1 saturated carbocycles. The first kappa shape index (κ1) is 15.9.